The minimum Gasteiger partial charge on any atom is -0.355 e. The molecule has 2 heterocycles. The van der Waals surface area contributed by atoms with Gasteiger partial charge < -0.3 is 5.32 Å². The van der Waals surface area contributed by atoms with Gasteiger partial charge in [-0.1, -0.05) is 36.0 Å². The number of hydrogen-bond donors (Lipinski definition) is 1. The van der Waals surface area contributed by atoms with E-state index in [1.54, 1.807) is 11.3 Å². The number of fused-ring (bicyclic) bond motifs is 1. The molecule has 1 N–H and O–H groups in total. The van der Waals surface area contributed by atoms with Crippen molar-refractivity contribution in [1.82, 2.24) is 15.3 Å². The Morgan fingerprint density at radius 1 is 1.26 bits per heavy atom. The highest BCUT2D eigenvalue weighted by Gasteiger charge is 2.17. The molecule has 0 aliphatic rings. The summed E-state index contributed by atoms with van der Waals surface area (Å²) in [6.45, 7) is 4.45. The van der Waals surface area contributed by atoms with Crippen LogP contribution in [0.1, 0.15) is 13.8 Å². The van der Waals surface area contributed by atoms with Crippen molar-refractivity contribution in [3.8, 4) is 10.7 Å². The first-order valence-electron chi connectivity index (χ1n) is 7.44. The SMILES string of the molecule is CCNC(=O)[C@@H](C)Sc1nc(-c2cccs2)nc2ccccc12. The van der Waals surface area contributed by atoms with E-state index in [0.29, 0.717) is 12.4 Å². The summed E-state index contributed by atoms with van der Waals surface area (Å²) in [5.74, 6) is 0.738. The van der Waals surface area contributed by atoms with Crippen LogP contribution < -0.4 is 5.32 Å². The van der Waals surface area contributed by atoms with E-state index in [1.165, 1.54) is 11.8 Å². The van der Waals surface area contributed by atoms with Crippen molar-refractivity contribution >= 4 is 39.9 Å². The lowest BCUT2D eigenvalue weighted by Crippen LogP contribution is -2.30. The molecule has 3 aromatic rings. The summed E-state index contributed by atoms with van der Waals surface area (Å²) in [6.07, 6.45) is 0. The van der Waals surface area contributed by atoms with Crippen LogP contribution in [0.25, 0.3) is 21.6 Å². The van der Waals surface area contributed by atoms with E-state index < -0.39 is 0 Å². The fourth-order valence-electron chi connectivity index (χ4n) is 2.19. The summed E-state index contributed by atoms with van der Waals surface area (Å²) in [6, 6.07) is 11.9. The van der Waals surface area contributed by atoms with Gasteiger partial charge in [0.2, 0.25) is 5.91 Å². The number of carbonyl (C=O) groups is 1. The molecule has 2 aromatic heterocycles. The maximum absolute atomic E-state index is 12.0. The molecule has 0 fully saturated rings. The third-order valence-electron chi connectivity index (χ3n) is 3.32. The van der Waals surface area contributed by atoms with Gasteiger partial charge in [0.1, 0.15) is 5.03 Å². The van der Waals surface area contributed by atoms with Crippen LogP contribution in [0.5, 0.6) is 0 Å². The Kier molecular flexibility index (Phi) is 4.93. The Morgan fingerprint density at radius 3 is 2.83 bits per heavy atom. The lowest BCUT2D eigenvalue weighted by atomic mass is 10.2. The van der Waals surface area contributed by atoms with Gasteiger partial charge in [-0.25, -0.2) is 9.97 Å². The van der Waals surface area contributed by atoms with Crippen molar-refractivity contribution in [3.63, 3.8) is 0 Å². The standard InChI is InChI=1S/C17H17N3OS2/c1-3-18-16(21)11(2)23-17-12-7-4-5-8-13(12)19-15(20-17)14-9-6-10-22-14/h4-11H,3H2,1-2H3,(H,18,21)/t11-/m1/s1. The van der Waals surface area contributed by atoms with Crippen LogP contribution in [-0.4, -0.2) is 27.7 Å². The van der Waals surface area contributed by atoms with Gasteiger partial charge in [-0.2, -0.15) is 0 Å². The third-order valence-corrected chi connectivity index (χ3v) is 5.29. The molecule has 1 aromatic carbocycles. The molecule has 3 rings (SSSR count). The number of nitrogens with one attached hydrogen (secondary N) is 1. The zero-order chi connectivity index (χ0) is 16.2. The van der Waals surface area contributed by atoms with E-state index in [9.17, 15) is 4.79 Å². The van der Waals surface area contributed by atoms with Gasteiger partial charge in [0.25, 0.3) is 0 Å². The summed E-state index contributed by atoms with van der Waals surface area (Å²) < 4.78 is 0. The number of thioether (sulfide) groups is 1. The minimum absolute atomic E-state index is 0.0258. The highest BCUT2D eigenvalue weighted by atomic mass is 32.2. The Hall–Kier alpha value is -1.92. The van der Waals surface area contributed by atoms with Crippen molar-refractivity contribution in [2.75, 3.05) is 6.54 Å². The van der Waals surface area contributed by atoms with Crippen LogP contribution in [0, 0.1) is 0 Å². The van der Waals surface area contributed by atoms with Crippen LogP contribution in [0.4, 0.5) is 0 Å². The smallest absolute Gasteiger partial charge is 0.233 e. The molecule has 0 bridgehead atoms. The number of aromatic nitrogens is 2. The summed E-state index contributed by atoms with van der Waals surface area (Å²) in [4.78, 5) is 22.4. The lowest BCUT2D eigenvalue weighted by Gasteiger charge is -2.12. The second-order valence-electron chi connectivity index (χ2n) is 5.00. The number of hydrogen-bond acceptors (Lipinski definition) is 5. The van der Waals surface area contributed by atoms with Crippen molar-refractivity contribution in [2.24, 2.45) is 0 Å². The highest BCUT2D eigenvalue weighted by molar-refractivity contribution is 8.00. The van der Waals surface area contributed by atoms with E-state index in [1.807, 2.05) is 55.6 Å². The number of rotatable bonds is 5. The molecule has 0 radical (unpaired) electrons. The highest BCUT2D eigenvalue weighted by Crippen LogP contribution is 2.32. The predicted octanol–water partition coefficient (Wildman–Crippen LogP) is 3.98. The number of nitrogens with zero attached hydrogens (tertiary/aromatic N) is 2. The summed E-state index contributed by atoms with van der Waals surface area (Å²) in [7, 11) is 0. The molecular weight excluding hydrogens is 326 g/mol. The zero-order valence-electron chi connectivity index (χ0n) is 12.9. The fraction of sp³-hybridized carbons (Fsp3) is 0.235. The zero-order valence-corrected chi connectivity index (χ0v) is 14.6. The Labute approximate surface area is 143 Å². The van der Waals surface area contributed by atoms with Crippen molar-refractivity contribution in [1.29, 1.82) is 0 Å². The minimum atomic E-state index is -0.204. The molecule has 4 nitrogen and oxygen atoms in total. The van der Waals surface area contributed by atoms with Gasteiger partial charge in [0.05, 0.1) is 15.6 Å². The second kappa shape index (κ2) is 7.10. The second-order valence-corrected chi connectivity index (χ2v) is 7.28. The van der Waals surface area contributed by atoms with E-state index in [2.05, 4.69) is 10.3 Å². The average molecular weight is 343 g/mol. The number of para-hydroxylation sites is 1. The average Bonchev–Trinajstić information content (AvgIpc) is 3.09. The van der Waals surface area contributed by atoms with Crippen molar-refractivity contribution in [3.05, 3.63) is 41.8 Å². The van der Waals surface area contributed by atoms with Crippen molar-refractivity contribution in [2.45, 2.75) is 24.1 Å². The predicted molar refractivity (Wildman–Crippen MR) is 96.9 cm³/mol. The maximum Gasteiger partial charge on any atom is 0.233 e. The first kappa shape index (κ1) is 16.0. The molecule has 0 spiro atoms. The van der Waals surface area contributed by atoms with Gasteiger partial charge in [-0.15, -0.1) is 11.3 Å². The molecular formula is C17H17N3OS2. The van der Waals surface area contributed by atoms with Gasteiger partial charge in [0.15, 0.2) is 5.82 Å². The van der Waals surface area contributed by atoms with E-state index in [0.717, 1.165) is 20.8 Å². The topological polar surface area (TPSA) is 54.9 Å². The Balaban J connectivity index is 2.02. The molecule has 6 heteroatoms. The summed E-state index contributed by atoms with van der Waals surface area (Å²) in [5, 5.41) is 6.49. The van der Waals surface area contributed by atoms with Crippen LogP contribution in [0.3, 0.4) is 0 Å². The van der Waals surface area contributed by atoms with Gasteiger partial charge in [-0.3, -0.25) is 4.79 Å². The van der Waals surface area contributed by atoms with Gasteiger partial charge in [-0.05, 0) is 31.4 Å². The van der Waals surface area contributed by atoms with Crippen LogP contribution in [0.15, 0.2) is 46.8 Å². The maximum atomic E-state index is 12.0. The number of benzene rings is 1. The monoisotopic (exact) mass is 343 g/mol. The van der Waals surface area contributed by atoms with Crippen molar-refractivity contribution < 1.29 is 4.79 Å². The molecule has 118 valence electrons. The summed E-state index contributed by atoms with van der Waals surface area (Å²) in [5.41, 5.74) is 0.900. The van der Waals surface area contributed by atoms with E-state index in [-0.39, 0.29) is 11.2 Å². The quantitative estimate of drug-likeness (QED) is 0.562. The molecule has 0 saturated carbocycles. The van der Waals surface area contributed by atoms with Gasteiger partial charge in [0, 0.05) is 11.9 Å². The Morgan fingerprint density at radius 2 is 2.09 bits per heavy atom. The molecule has 0 unspecified atom stereocenters. The first-order chi connectivity index (χ1) is 11.2. The summed E-state index contributed by atoms with van der Waals surface area (Å²) >= 11 is 3.09. The number of amides is 1. The lowest BCUT2D eigenvalue weighted by molar-refractivity contribution is -0.120. The van der Waals surface area contributed by atoms with Gasteiger partial charge >= 0.3 is 0 Å². The number of carbonyl (C=O) groups excluding carboxylic acids is 1. The first-order valence-corrected chi connectivity index (χ1v) is 9.20. The normalized spacial score (nSPS) is 12.3. The van der Waals surface area contributed by atoms with Crippen LogP contribution >= 0.6 is 23.1 Å². The van der Waals surface area contributed by atoms with Crippen LogP contribution in [-0.2, 0) is 4.79 Å². The van der Waals surface area contributed by atoms with Crippen LogP contribution in [0.2, 0.25) is 0 Å². The fourth-order valence-corrected chi connectivity index (χ4v) is 3.81. The largest absolute Gasteiger partial charge is 0.355 e. The molecule has 0 saturated heterocycles. The molecule has 23 heavy (non-hydrogen) atoms. The molecule has 0 aliphatic carbocycles. The molecule has 1 atom stereocenters. The molecule has 0 aliphatic heterocycles. The van der Waals surface area contributed by atoms with E-state index >= 15 is 0 Å². The third kappa shape index (κ3) is 3.54. The number of thiophene rings is 1. The Bertz CT molecular complexity index is 818. The molecule has 1 amide bonds. The van der Waals surface area contributed by atoms with E-state index in [4.69, 9.17) is 4.98 Å².